The van der Waals surface area contributed by atoms with E-state index in [1.54, 1.807) is 18.0 Å². The zero-order valence-electron chi connectivity index (χ0n) is 9.73. The Morgan fingerprint density at radius 2 is 2.56 bits per heavy atom. The SMILES string of the molecule is CNC(CSc1nc(C)co1)C1CCOC1. The maximum Gasteiger partial charge on any atom is 0.255 e. The highest BCUT2D eigenvalue weighted by Crippen LogP contribution is 2.23. The molecule has 0 amide bonds. The summed E-state index contributed by atoms with van der Waals surface area (Å²) in [5.41, 5.74) is 0.938. The van der Waals surface area contributed by atoms with E-state index in [0.29, 0.717) is 12.0 Å². The van der Waals surface area contributed by atoms with Crippen LogP contribution in [0, 0.1) is 12.8 Å². The van der Waals surface area contributed by atoms with E-state index in [0.717, 1.165) is 36.3 Å². The number of ether oxygens (including phenoxy) is 1. The molecule has 1 aliphatic heterocycles. The van der Waals surface area contributed by atoms with Crippen molar-refractivity contribution in [1.82, 2.24) is 10.3 Å². The summed E-state index contributed by atoms with van der Waals surface area (Å²) >= 11 is 1.66. The van der Waals surface area contributed by atoms with Gasteiger partial charge in [0, 0.05) is 24.3 Å². The van der Waals surface area contributed by atoms with Crippen molar-refractivity contribution in [3.8, 4) is 0 Å². The average Bonchev–Trinajstić information content (AvgIpc) is 2.91. The number of oxazole rings is 1. The van der Waals surface area contributed by atoms with E-state index in [4.69, 9.17) is 9.15 Å². The van der Waals surface area contributed by atoms with Crippen LogP contribution >= 0.6 is 11.8 Å². The van der Waals surface area contributed by atoms with Gasteiger partial charge in [-0.1, -0.05) is 11.8 Å². The van der Waals surface area contributed by atoms with E-state index < -0.39 is 0 Å². The van der Waals surface area contributed by atoms with Gasteiger partial charge >= 0.3 is 0 Å². The first-order chi connectivity index (χ1) is 7.79. The molecule has 0 aliphatic carbocycles. The summed E-state index contributed by atoms with van der Waals surface area (Å²) in [4.78, 5) is 4.28. The van der Waals surface area contributed by atoms with Gasteiger partial charge < -0.3 is 14.5 Å². The Hall–Kier alpha value is -0.520. The molecule has 16 heavy (non-hydrogen) atoms. The summed E-state index contributed by atoms with van der Waals surface area (Å²) in [6, 6.07) is 0.472. The molecule has 1 aromatic heterocycles. The lowest BCUT2D eigenvalue weighted by Crippen LogP contribution is -2.36. The highest BCUT2D eigenvalue weighted by atomic mass is 32.2. The number of hydrogen-bond donors (Lipinski definition) is 1. The monoisotopic (exact) mass is 242 g/mol. The summed E-state index contributed by atoms with van der Waals surface area (Å²) in [5, 5.41) is 4.11. The Morgan fingerprint density at radius 3 is 3.12 bits per heavy atom. The van der Waals surface area contributed by atoms with Gasteiger partial charge in [0.15, 0.2) is 0 Å². The molecule has 1 fully saturated rings. The lowest BCUT2D eigenvalue weighted by Gasteiger charge is -2.20. The summed E-state index contributed by atoms with van der Waals surface area (Å²) in [7, 11) is 2.00. The molecule has 0 spiro atoms. The van der Waals surface area contributed by atoms with E-state index in [1.807, 2.05) is 14.0 Å². The molecule has 2 atom stereocenters. The van der Waals surface area contributed by atoms with Crippen LogP contribution in [0.3, 0.4) is 0 Å². The van der Waals surface area contributed by atoms with Crippen LogP contribution in [-0.4, -0.2) is 37.0 Å². The molecule has 5 heteroatoms. The fraction of sp³-hybridized carbons (Fsp3) is 0.727. The van der Waals surface area contributed by atoms with Crippen LogP contribution < -0.4 is 5.32 Å². The van der Waals surface area contributed by atoms with E-state index in [9.17, 15) is 0 Å². The molecule has 0 bridgehead atoms. The van der Waals surface area contributed by atoms with Gasteiger partial charge in [0.25, 0.3) is 5.22 Å². The number of rotatable bonds is 5. The summed E-state index contributed by atoms with van der Waals surface area (Å²) < 4.78 is 10.7. The topological polar surface area (TPSA) is 47.3 Å². The quantitative estimate of drug-likeness (QED) is 0.796. The predicted octanol–water partition coefficient (Wildman–Crippen LogP) is 1.70. The molecule has 90 valence electrons. The predicted molar refractivity (Wildman–Crippen MR) is 63.7 cm³/mol. The third-order valence-corrected chi connectivity index (χ3v) is 3.85. The van der Waals surface area contributed by atoms with E-state index in [2.05, 4.69) is 10.3 Å². The first-order valence-corrected chi connectivity index (χ1v) is 6.58. The Morgan fingerprint density at radius 1 is 1.69 bits per heavy atom. The average molecular weight is 242 g/mol. The molecule has 0 saturated carbocycles. The minimum atomic E-state index is 0.472. The lowest BCUT2D eigenvalue weighted by atomic mass is 10.0. The number of thioether (sulfide) groups is 1. The van der Waals surface area contributed by atoms with Gasteiger partial charge in [0.2, 0.25) is 0 Å². The minimum Gasteiger partial charge on any atom is -0.440 e. The summed E-state index contributed by atoms with van der Waals surface area (Å²) in [5.74, 6) is 1.60. The van der Waals surface area contributed by atoms with Crippen LogP contribution in [0.2, 0.25) is 0 Å². The summed E-state index contributed by atoms with van der Waals surface area (Å²) in [6.07, 6.45) is 2.84. The summed E-state index contributed by atoms with van der Waals surface area (Å²) in [6.45, 7) is 3.70. The second kappa shape index (κ2) is 5.70. The Balaban J connectivity index is 1.82. The van der Waals surface area contributed by atoms with Crippen molar-refractivity contribution >= 4 is 11.8 Å². The van der Waals surface area contributed by atoms with Gasteiger partial charge in [-0.2, -0.15) is 0 Å². The molecule has 1 saturated heterocycles. The van der Waals surface area contributed by atoms with Crippen molar-refractivity contribution in [2.45, 2.75) is 24.6 Å². The highest BCUT2D eigenvalue weighted by molar-refractivity contribution is 7.99. The number of nitrogens with one attached hydrogen (secondary N) is 1. The van der Waals surface area contributed by atoms with Crippen molar-refractivity contribution in [3.63, 3.8) is 0 Å². The molecule has 2 unspecified atom stereocenters. The van der Waals surface area contributed by atoms with Gasteiger partial charge in [-0.3, -0.25) is 0 Å². The second-order valence-corrected chi connectivity index (χ2v) is 5.06. The van der Waals surface area contributed by atoms with Crippen LogP contribution in [-0.2, 0) is 4.74 Å². The Kier molecular flexibility index (Phi) is 4.26. The minimum absolute atomic E-state index is 0.472. The van der Waals surface area contributed by atoms with Crippen molar-refractivity contribution in [3.05, 3.63) is 12.0 Å². The van der Waals surface area contributed by atoms with Crippen molar-refractivity contribution in [2.75, 3.05) is 26.0 Å². The zero-order chi connectivity index (χ0) is 11.4. The van der Waals surface area contributed by atoms with Gasteiger partial charge in [0.05, 0.1) is 12.3 Å². The molecular formula is C11H18N2O2S. The molecule has 0 radical (unpaired) electrons. The van der Waals surface area contributed by atoms with Crippen LogP contribution in [0.25, 0.3) is 0 Å². The number of hydrogen-bond acceptors (Lipinski definition) is 5. The van der Waals surface area contributed by atoms with E-state index in [-0.39, 0.29) is 0 Å². The number of aryl methyl sites for hydroxylation is 1. The van der Waals surface area contributed by atoms with Gasteiger partial charge in [-0.25, -0.2) is 4.98 Å². The van der Waals surface area contributed by atoms with Gasteiger partial charge in [-0.15, -0.1) is 0 Å². The molecular weight excluding hydrogens is 224 g/mol. The third kappa shape index (κ3) is 2.99. The molecule has 1 N–H and O–H groups in total. The maximum absolute atomic E-state index is 5.41. The van der Waals surface area contributed by atoms with Crippen molar-refractivity contribution < 1.29 is 9.15 Å². The number of aromatic nitrogens is 1. The normalized spacial score (nSPS) is 22.5. The van der Waals surface area contributed by atoms with E-state index in [1.165, 1.54) is 0 Å². The van der Waals surface area contributed by atoms with Crippen molar-refractivity contribution in [1.29, 1.82) is 0 Å². The fourth-order valence-electron chi connectivity index (χ4n) is 1.88. The smallest absolute Gasteiger partial charge is 0.255 e. The van der Waals surface area contributed by atoms with Crippen molar-refractivity contribution in [2.24, 2.45) is 5.92 Å². The fourth-order valence-corrected chi connectivity index (χ4v) is 2.97. The second-order valence-electron chi connectivity index (χ2n) is 4.08. The Labute approximate surface area is 100 Å². The standard InChI is InChI=1S/C11H18N2O2S/c1-8-5-15-11(13-8)16-7-10(12-2)9-3-4-14-6-9/h5,9-10,12H,3-4,6-7H2,1-2H3. The Bertz CT molecular complexity index is 324. The van der Waals surface area contributed by atoms with Crippen LogP contribution in [0.5, 0.6) is 0 Å². The van der Waals surface area contributed by atoms with Crippen LogP contribution in [0.15, 0.2) is 15.9 Å². The van der Waals surface area contributed by atoms with Crippen LogP contribution in [0.1, 0.15) is 12.1 Å². The molecule has 2 heterocycles. The van der Waals surface area contributed by atoms with Gasteiger partial charge in [-0.05, 0) is 20.4 Å². The van der Waals surface area contributed by atoms with Gasteiger partial charge in [0.1, 0.15) is 6.26 Å². The molecule has 0 aromatic carbocycles. The first-order valence-electron chi connectivity index (χ1n) is 5.59. The maximum atomic E-state index is 5.41. The largest absolute Gasteiger partial charge is 0.440 e. The molecule has 2 rings (SSSR count). The number of nitrogens with zero attached hydrogens (tertiary/aromatic N) is 1. The van der Waals surface area contributed by atoms with E-state index >= 15 is 0 Å². The molecule has 1 aromatic rings. The first kappa shape index (κ1) is 12.0. The highest BCUT2D eigenvalue weighted by Gasteiger charge is 2.24. The van der Waals surface area contributed by atoms with Crippen LogP contribution in [0.4, 0.5) is 0 Å². The third-order valence-electron chi connectivity index (χ3n) is 2.89. The molecule has 1 aliphatic rings. The molecule has 4 nitrogen and oxygen atoms in total. The lowest BCUT2D eigenvalue weighted by molar-refractivity contribution is 0.179. The zero-order valence-corrected chi connectivity index (χ0v) is 10.5.